The maximum atomic E-state index is 13.5. The molecule has 8 heteroatoms. The Morgan fingerprint density at radius 3 is 2.42 bits per heavy atom. The van der Waals surface area contributed by atoms with E-state index in [9.17, 15) is 14.7 Å². The second-order valence-corrected chi connectivity index (χ2v) is 9.73. The Balaban J connectivity index is 1.89. The number of halogens is 1. The van der Waals surface area contributed by atoms with Gasteiger partial charge in [-0.15, -0.1) is 0 Å². The van der Waals surface area contributed by atoms with Crippen LogP contribution in [0.2, 0.25) is 5.02 Å². The minimum atomic E-state index is -0.828. The number of ether oxygens (including phenoxy) is 2. The van der Waals surface area contributed by atoms with E-state index in [0.29, 0.717) is 22.9 Å². The first kappa shape index (κ1) is 27.1. The van der Waals surface area contributed by atoms with Gasteiger partial charge in [-0.25, -0.2) is 0 Å². The van der Waals surface area contributed by atoms with Crippen LogP contribution in [-0.4, -0.2) is 49.5 Å². The third-order valence-electron chi connectivity index (χ3n) is 6.47. The van der Waals surface area contributed by atoms with Gasteiger partial charge in [-0.05, 0) is 66.9 Å². The fourth-order valence-corrected chi connectivity index (χ4v) is 5.05. The number of aliphatic hydroxyl groups is 1. The molecule has 1 aliphatic rings. The number of hydrogen-bond donors (Lipinski definition) is 1. The fraction of sp³-hybridized carbons (Fsp3) is 0.267. The molecule has 38 heavy (non-hydrogen) atoms. The Hall–Kier alpha value is -3.97. The topological polar surface area (TPSA) is 79.3 Å². The first-order valence-electron chi connectivity index (χ1n) is 12.3. The van der Waals surface area contributed by atoms with E-state index in [4.69, 9.17) is 21.1 Å². The fourth-order valence-electron chi connectivity index (χ4n) is 4.70. The molecule has 3 aromatic rings. The number of aryl methyl sites for hydroxylation is 1. The van der Waals surface area contributed by atoms with Gasteiger partial charge in [-0.3, -0.25) is 9.59 Å². The molecule has 0 aromatic heterocycles. The van der Waals surface area contributed by atoms with Crippen LogP contribution in [0.5, 0.6) is 11.5 Å². The molecule has 198 valence electrons. The number of hydrogen-bond acceptors (Lipinski definition) is 6. The Kier molecular flexibility index (Phi) is 7.97. The van der Waals surface area contributed by atoms with E-state index >= 15 is 0 Å². The number of ketones is 1. The summed E-state index contributed by atoms with van der Waals surface area (Å²) in [4.78, 5) is 30.4. The molecule has 1 N–H and O–H groups in total. The summed E-state index contributed by atoms with van der Waals surface area (Å²) in [6.07, 6.45) is 0. The van der Waals surface area contributed by atoms with E-state index in [0.717, 1.165) is 16.8 Å². The van der Waals surface area contributed by atoms with Gasteiger partial charge in [-0.1, -0.05) is 35.9 Å². The lowest BCUT2D eigenvalue weighted by Gasteiger charge is -2.26. The summed E-state index contributed by atoms with van der Waals surface area (Å²) in [5, 5.41) is 11.8. The van der Waals surface area contributed by atoms with Crippen LogP contribution in [0.15, 0.2) is 66.2 Å². The van der Waals surface area contributed by atoms with Crippen molar-refractivity contribution in [3.63, 3.8) is 0 Å². The van der Waals surface area contributed by atoms with Crippen molar-refractivity contribution >= 4 is 34.7 Å². The van der Waals surface area contributed by atoms with Crippen molar-refractivity contribution in [2.45, 2.75) is 26.4 Å². The number of carbonyl (C=O) groups is 2. The number of benzene rings is 3. The van der Waals surface area contributed by atoms with Gasteiger partial charge in [0.1, 0.15) is 17.3 Å². The lowest BCUT2D eigenvalue weighted by atomic mass is 9.94. The highest BCUT2D eigenvalue weighted by Crippen LogP contribution is 2.43. The zero-order chi connectivity index (χ0) is 27.6. The highest BCUT2D eigenvalue weighted by Gasteiger charge is 2.46. The standard InChI is InChI=1S/C30H31ClN2O5/c1-6-38-22-9-7-8-19(16-22)17-33-26(20-10-12-21(13-11-20)32(3)4)25(28(35)30(33)36)27(34)23-14-18(2)15-24(31)29(23)37-5/h7-16,26,34H,6,17H2,1-5H3/b27-25+. The van der Waals surface area contributed by atoms with Crippen LogP contribution < -0.4 is 14.4 Å². The highest BCUT2D eigenvalue weighted by atomic mass is 35.5. The van der Waals surface area contributed by atoms with Crippen molar-refractivity contribution in [3.8, 4) is 11.5 Å². The molecular weight excluding hydrogens is 504 g/mol. The van der Waals surface area contributed by atoms with Crippen LogP contribution in [0.4, 0.5) is 5.69 Å². The summed E-state index contributed by atoms with van der Waals surface area (Å²) in [6.45, 7) is 4.37. The zero-order valence-electron chi connectivity index (χ0n) is 22.1. The average molecular weight is 535 g/mol. The first-order valence-corrected chi connectivity index (χ1v) is 12.7. The minimum Gasteiger partial charge on any atom is -0.507 e. The van der Waals surface area contributed by atoms with Gasteiger partial charge in [0.2, 0.25) is 0 Å². The summed E-state index contributed by atoms with van der Waals surface area (Å²) >= 11 is 6.39. The van der Waals surface area contributed by atoms with Crippen LogP contribution in [0.25, 0.3) is 5.76 Å². The van der Waals surface area contributed by atoms with Crippen LogP contribution in [0.1, 0.15) is 35.2 Å². The second kappa shape index (κ2) is 11.2. The Bertz CT molecular complexity index is 1400. The van der Waals surface area contributed by atoms with E-state index in [-0.39, 0.29) is 29.2 Å². The van der Waals surface area contributed by atoms with Crippen molar-refractivity contribution in [2.24, 2.45) is 0 Å². The number of aliphatic hydroxyl groups excluding tert-OH is 1. The molecule has 1 fully saturated rings. The maximum Gasteiger partial charge on any atom is 0.295 e. The number of carbonyl (C=O) groups excluding carboxylic acids is 2. The Labute approximate surface area is 227 Å². The van der Waals surface area contributed by atoms with Crippen LogP contribution in [0, 0.1) is 6.92 Å². The molecule has 1 atom stereocenters. The van der Waals surface area contributed by atoms with Gasteiger partial charge in [-0.2, -0.15) is 0 Å². The molecule has 0 spiro atoms. The summed E-state index contributed by atoms with van der Waals surface area (Å²) in [5.41, 5.74) is 3.45. The number of rotatable bonds is 8. The SMILES string of the molecule is CCOc1cccc(CN2C(=O)C(=O)/C(=C(/O)c3cc(C)cc(Cl)c3OC)C2c2ccc(N(C)C)cc2)c1. The third kappa shape index (κ3) is 5.20. The number of nitrogens with zero attached hydrogens (tertiary/aromatic N) is 2. The van der Waals surface area contributed by atoms with E-state index in [1.807, 2.05) is 81.4 Å². The number of Topliss-reactive ketones (excluding diaryl/α,β-unsaturated/α-hetero) is 1. The van der Waals surface area contributed by atoms with Gasteiger partial charge in [0, 0.05) is 26.3 Å². The van der Waals surface area contributed by atoms with E-state index in [2.05, 4.69) is 0 Å². The van der Waals surface area contributed by atoms with Gasteiger partial charge >= 0.3 is 0 Å². The predicted octanol–water partition coefficient (Wildman–Crippen LogP) is 5.74. The molecule has 4 rings (SSSR count). The molecule has 0 aliphatic carbocycles. The zero-order valence-corrected chi connectivity index (χ0v) is 22.9. The van der Waals surface area contributed by atoms with Crippen molar-refractivity contribution in [1.29, 1.82) is 0 Å². The summed E-state index contributed by atoms with van der Waals surface area (Å²) in [5.74, 6) is -0.907. The van der Waals surface area contributed by atoms with Gasteiger partial charge < -0.3 is 24.4 Å². The summed E-state index contributed by atoms with van der Waals surface area (Å²) in [7, 11) is 5.30. The van der Waals surface area contributed by atoms with Crippen LogP contribution in [-0.2, 0) is 16.1 Å². The highest BCUT2D eigenvalue weighted by molar-refractivity contribution is 6.46. The normalized spacial score (nSPS) is 16.6. The Morgan fingerprint density at radius 1 is 1.08 bits per heavy atom. The third-order valence-corrected chi connectivity index (χ3v) is 6.76. The minimum absolute atomic E-state index is 0.0199. The molecule has 3 aromatic carbocycles. The maximum absolute atomic E-state index is 13.5. The van der Waals surface area contributed by atoms with Crippen LogP contribution >= 0.6 is 11.6 Å². The van der Waals surface area contributed by atoms with Crippen molar-refractivity contribution in [3.05, 3.63) is 93.5 Å². The monoisotopic (exact) mass is 534 g/mol. The molecule has 1 amide bonds. The number of anilines is 1. The first-order chi connectivity index (χ1) is 18.2. The molecule has 0 radical (unpaired) electrons. The van der Waals surface area contributed by atoms with Gasteiger partial charge in [0.25, 0.3) is 11.7 Å². The molecule has 0 bridgehead atoms. The van der Waals surface area contributed by atoms with Crippen molar-refractivity contribution < 1.29 is 24.2 Å². The van der Waals surface area contributed by atoms with Crippen LogP contribution in [0.3, 0.4) is 0 Å². The van der Waals surface area contributed by atoms with E-state index in [1.54, 1.807) is 12.1 Å². The molecule has 0 saturated carbocycles. The summed E-state index contributed by atoms with van der Waals surface area (Å²) in [6, 6.07) is 17.5. The molecular formula is C30H31ClN2O5. The van der Waals surface area contributed by atoms with Gasteiger partial charge in [0.15, 0.2) is 0 Å². The molecule has 7 nitrogen and oxygen atoms in total. The molecule has 1 aliphatic heterocycles. The second-order valence-electron chi connectivity index (χ2n) is 9.32. The van der Waals surface area contributed by atoms with E-state index in [1.165, 1.54) is 12.0 Å². The number of methoxy groups -OCH3 is 1. The number of likely N-dealkylation sites (tertiary alicyclic amines) is 1. The smallest absolute Gasteiger partial charge is 0.295 e. The lowest BCUT2D eigenvalue weighted by molar-refractivity contribution is -0.140. The average Bonchev–Trinajstić information content (AvgIpc) is 3.13. The molecule has 1 unspecified atom stereocenters. The number of amides is 1. The largest absolute Gasteiger partial charge is 0.507 e. The quantitative estimate of drug-likeness (QED) is 0.225. The van der Waals surface area contributed by atoms with Crippen molar-refractivity contribution in [1.82, 2.24) is 4.90 Å². The molecule has 1 saturated heterocycles. The Morgan fingerprint density at radius 2 is 1.79 bits per heavy atom. The molecule has 1 heterocycles. The van der Waals surface area contributed by atoms with Gasteiger partial charge in [0.05, 0.1) is 35.9 Å². The van der Waals surface area contributed by atoms with E-state index < -0.39 is 17.7 Å². The lowest BCUT2D eigenvalue weighted by Crippen LogP contribution is -2.29. The summed E-state index contributed by atoms with van der Waals surface area (Å²) < 4.78 is 11.1. The predicted molar refractivity (Wildman–Crippen MR) is 149 cm³/mol. The van der Waals surface area contributed by atoms with Crippen molar-refractivity contribution in [2.75, 3.05) is 32.7 Å².